The number of anilines is 1. The molecule has 86 valence electrons. The fraction of sp³-hybridized carbons (Fsp3) is 0.500. The van der Waals surface area contributed by atoms with E-state index in [1.54, 1.807) is 0 Å². The van der Waals surface area contributed by atoms with Gasteiger partial charge in [0.25, 0.3) is 0 Å². The normalized spacial score (nSPS) is 15.9. The first-order valence-corrected chi connectivity index (χ1v) is 4.83. The van der Waals surface area contributed by atoms with E-state index in [2.05, 4.69) is 21.3 Å². The quantitative estimate of drug-likeness (QED) is 0.822. The zero-order valence-electron chi connectivity index (χ0n) is 8.56. The van der Waals surface area contributed by atoms with Crippen LogP contribution >= 0.6 is 24.8 Å². The number of rotatable bonds is 1. The third-order valence-corrected chi connectivity index (χ3v) is 2.31. The van der Waals surface area contributed by atoms with E-state index in [-0.39, 0.29) is 24.8 Å². The molecule has 1 N–H and O–H groups in total. The van der Waals surface area contributed by atoms with E-state index in [0.29, 0.717) is 0 Å². The second-order valence-electron chi connectivity index (χ2n) is 3.28. The lowest BCUT2D eigenvalue weighted by atomic mass is 10.3. The molecule has 0 atom stereocenters. The monoisotopic (exact) mass is 249 g/mol. The maximum absolute atomic E-state index is 4.34. The third kappa shape index (κ3) is 4.24. The Balaban J connectivity index is 0.000000980. The molecule has 0 saturated carbocycles. The Kier molecular flexibility index (Phi) is 7.48. The van der Waals surface area contributed by atoms with Gasteiger partial charge in [0.1, 0.15) is 5.82 Å². The van der Waals surface area contributed by atoms with Gasteiger partial charge in [0.2, 0.25) is 0 Å². The zero-order chi connectivity index (χ0) is 8.93. The van der Waals surface area contributed by atoms with Gasteiger partial charge in [-0.3, -0.25) is 0 Å². The Hall–Kier alpha value is -0.510. The van der Waals surface area contributed by atoms with Gasteiger partial charge in [-0.05, 0) is 25.1 Å². The number of halogens is 2. The fourth-order valence-corrected chi connectivity index (χ4v) is 1.62. The summed E-state index contributed by atoms with van der Waals surface area (Å²) in [6, 6.07) is 6.07. The van der Waals surface area contributed by atoms with Crippen LogP contribution in [0.25, 0.3) is 0 Å². The first kappa shape index (κ1) is 14.5. The van der Waals surface area contributed by atoms with Gasteiger partial charge in [-0.2, -0.15) is 0 Å². The van der Waals surface area contributed by atoms with Crippen LogP contribution in [-0.4, -0.2) is 31.2 Å². The molecule has 2 heterocycles. The van der Waals surface area contributed by atoms with Gasteiger partial charge in [0.05, 0.1) is 0 Å². The molecule has 0 spiro atoms. The van der Waals surface area contributed by atoms with E-state index in [0.717, 1.165) is 32.0 Å². The van der Waals surface area contributed by atoms with E-state index >= 15 is 0 Å². The summed E-state index contributed by atoms with van der Waals surface area (Å²) >= 11 is 0. The molecule has 0 unspecified atom stereocenters. The van der Waals surface area contributed by atoms with E-state index in [9.17, 15) is 0 Å². The Morgan fingerprint density at radius 2 is 2.00 bits per heavy atom. The van der Waals surface area contributed by atoms with Crippen molar-refractivity contribution in [2.75, 3.05) is 31.1 Å². The molecule has 0 amide bonds. The molecule has 3 nitrogen and oxygen atoms in total. The van der Waals surface area contributed by atoms with Crippen LogP contribution in [0.2, 0.25) is 0 Å². The van der Waals surface area contributed by atoms with Gasteiger partial charge in [-0.15, -0.1) is 24.8 Å². The molecule has 0 aromatic carbocycles. The third-order valence-electron chi connectivity index (χ3n) is 2.31. The van der Waals surface area contributed by atoms with Crippen LogP contribution in [0.3, 0.4) is 0 Å². The van der Waals surface area contributed by atoms with Crippen molar-refractivity contribution in [2.24, 2.45) is 0 Å². The summed E-state index contributed by atoms with van der Waals surface area (Å²) < 4.78 is 0. The Morgan fingerprint density at radius 3 is 2.73 bits per heavy atom. The number of aromatic nitrogens is 1. The van der Waals surface area contributed by atoms with Crippen LogP contribution in [-0.2, 0) is 0 Å². The summed E-state index contributed by atoms with van der Waals surface area (Å²) in [4.78, 5) is 6.68. The van der Waals surface area contributed by atoms with Crippen molar-refractivity contribution in [2.45, 2.75) is 6.42 Å². The molecule has 15 heavy (non-hydrogen) atoms. The highest BCUT2D eigenvalue weighted by molar-refractivity contribution is 5.85. The Morgan fingerprint density at radius 1 is 1.13 bits per heavy atom. The minimum Gasteiger partial charge on any atom is -0.355 e. The molecule has 1 aromatic heterocycles. The Bertz CT molecular complexity index is 248. The van der Waals surface area contributed by atoms with Crippen LogP contribution in [0.15, 0.2) is 24.4 Å². The second-order valence-corrected chi connectivity index (χ2v) is 3.28. The zero-order valence-corrected chi connectivity index (χ0v) is 10.2. The molecule has 5 heteroatoms. The van der Waals surface area contributed by atoms with Crippen molar-refractivity contribution in [3.8, 4) is 0 Å². The summed E-state index contributed by atoms with van der Waals surface area (Å²) in [5.74, 6) is 1.10. The smallest absolute Gasteiger partial charge is 0.128 e. The first-order valence-electron chi connectivity index (χ1n) is 4.83. The van der Waals surface area contributed by atoms with Gasteiger partial charge < -0.3 is 10.2 Å². The number of hydrogen-bond acceptors (Lipinski definition) is 3. The largest absolute Gasteiger partial charge is 0.355 e. The minimum absolute atomic E-state index is 0. The van der Waals surface area contributed by atoms with Crippen LogP contribution in [0.5, 0.6) is 0 Å². The SMILES string of the molecule is Cl.Cl.c1ccc(N2CCCNCC2)nc1. The highest BCUT2D eigenvalue weighted by Gasteiger charge is 2.08. The topological polar surface area (TPSA) is 28.2 Å². The van der Waals surface area contributed by atoms with Crippen molar-refractivity contribution in [3.05, 3.63) is 24.4 Å². The lowest BCUT2D eigenvalue weighted by molar-refractivity contribution is 0.724. The molecule has 2 rings (SSSR count). The fourth-order valence-electron chi connectivity index (χ4n) is 1.62. The maximum atomic E-state index is 4.34. The average Bonchev–Trinajstić information content (AvgIpc) is 2.47. The molecule has 0 radical (unpaired) electrons. The van der Waals surface area contributed by atoms with E-state index in [1.165, 1.54) is 6.42 Å². The summed E-state index contributed by atoms with van der Waals surface area (Å²) in [7, 11) is 0. The number of pyridine rings is 1. The molecule has 0 bridgehead atoms. The molecular formula is C10H17Cl2N3. The first-order chi connectivity index (χ1) is 6.47. The second kappa shape index (κ2) is 7.74. The predicted octanol–water partition coefficient (Wildman–Crippen LogP) is 1.72. The van der Waals surface area contributed by atoms with Crippen LogP contribution in [0.4, 0.5) is 5.82 Å². The van der Waals surface area contributed by atoms with Crippen LogP contribution in [0.1, 0.15) is 6.42 Å². The highest BCUT2D eigenvalue weighted by atomic mass is 35.5. The molecule has 0 aliphatic carbocycles. The van der Waals surface area contributed by atoms with Crippen molar-refractivity contribution in [1.82, 2.24) is 10.3 Å². The molecule has 1 saturated heterocycles. The van der Waals surface area contributed by atoms with Crippen molar-refractivity contribution < 1.29 is 0 Å². The van der Waals surface area contributed by atoms with Gasteiger partial charge in [-0.25, -0.2) is 4.98 Å². The Labute approximate surface area is 103 Å². The van der Waals surface area contributed by atoms with E-state index < -0.39 is 0 Å². The molecule has 1 aliphatic rings. The predicted molar refractivity (Wildman–Crippen MR) is 68.4 cm³/mol. The molecule has 1 fully saturated rings. The maximum Gasteiger partial charge on any atom is 0.128 e. The molecule has 1 aromatic rings. The summed E-state index contributed by atoms with van der Waals surface area (Å²) in [6.45, 7) is 4.38. The number of nitrogens with one attached hydrogen (secondary N) is 1. The molecular weight excluding hydrogens is 233 g/mol. The van der Waals surface area contributed by atoms with Crippen molar-refractivity contribution in [3.63, 3.8) is 0 Å². The van der Waals surface area contributed by atoms with Gasteiger partial charge in [0, 0.05) is 25.8 Å². The van der Waals surface area contributed by atoms with E-state index in [4.69, 9.17) is 0 Å². The standard InChI is InChI=1S/C10H15N3.2ClH/c1-2-6-12-10(4-1)13-8-3-5-11-7-9-13;;/h1-2,4,6,11H,3,5,7-9H2;2*1H. The molecule has 1 aliphatic heterocycles. The highest BCUT2D eigenvalue weighted by Crippen LogP contribution is 2.09. The summed E-state index contributed by atoms with van der Waals surface area (Å²) in [6.07, 6.45) is 3.06. The van der Waals surface area contributed by atoms with Crippen LogP contribution < -0.4 is 10.2 Å². The average molecular weight is 250 g/mol. The van der Waals surface area contributed by atoms with Gasteiger partial charge >= 0.3 is 0 Å². The van der Waals surface area contributed by atoms with E-state index in [1.807, 2.05) is 18.3 Å². The number of nitrogens with zero attached hydrogens (tertiary/aromatic N) is 2. The minimum atomic E-state index is 0. The summed E-state index contributed by atoms with van der Waals surface area (Å²) in [5.41, 5.74) is 0. The number of hydrogen-bond donors (Lipinski definition) is 1. The summed E-state index contributed by atoms with van der Waals surface area (Å²) in [5, 5.41) is 3.38. The van der Waals surface area contributed by atoms with Crippen molar-refractivity contribution >= 4 is 30.6 Å². The van der Waals surface area contributed by atoms with Gasteiger partial charge in [-0.1, -0.05) is 6.07 Å². The van der Waals surface area contributed by atoms with Crippen LogP contribution in [0, 0.1) is 0 Å². The van der Waals surface area contributed by atoms with Crippen molar-refractivity contribution in [1.29, 1.82) is 0 Å². The lowest BCUT2D eigenvalue weighted by Gasteiger charge is -2.20. The van der Waals surface area contributed by atoms with Gasteiger partial charge in [0.15, 0.2) is 0 Å². The lowest BCUT2D eigenvalue weighted by Crippen LogP contribution is -2.28.